The van der Waals surface area contributed by atoms with Gasteiger partial charge in [0.1, 0.15) is 35.3 Å². The van der Waals surface area contributed by atoms with Gasteiger partial charge in [-0.15, -0.1) is 0 Å². The largest absolute Gasteiger partial charge is 0.489 e. The fourth-order valence-corrected chi connectivity index (χ4v) is 4.50. The van der Waals surface area contributed by atoms with Gasteiger partial charge in [-0.05, 0) is 29.3 Å². The van der Waals surface area contributed by atoms with Crippen molar-refractivity contribution in [1.82, 2.24) is 9.78 Å². The first-order chi connectivity index (χ1) is 19.5. The second-order valence-electron chi connectivity index (χ2n) is 9.26. The van der Waals surface area contributed by atoms with Crippen LogP contribution in [0.25, 0.3) is 22.2 Å². The maximum absolute atomic E-state index is 14.5. The fraction of sp³-hybridized carbons (Fsp3) is 0.133. The van der Waals surface area contributed by atoms with Crippen molar-refractivity contribution in [2.75, 3.05) is 0 Å². The van der Waals surface area contributed by atoms with E-state index >= 15 is 0 Å². The van der Waals surface area contributed by atoms with E-state index in [1.807, 2.05) is 0 Å². The highest BCUT2D eigenvalue weighted by Gasteiger charge is 2.34. The van der Waals surface area contributed by atoms with Crippen LogP contribution in [0.15, 0.2) is 78.9 Å². The summed E-state index contributed by atoms with van der Waals surface area (Å²) < 4.78 is 90.9. The summed E-state index contributed by atoms with van der Waals surface area (Å²) in [5, 5.41) is 13.1. The van der Waals surface area contributed by atoms with Gasteiger partial charge in [-0.3, -0.25) is 9.48 Å². The smallest absolute Gasteiger partial charge is 0.418 e. The zero-order valence-electron chi connectivity index (χ0n) is 21.1. The molecule has 0 aliphatic rings. The minimum atomic E-state index is -4.74. The molecule has 5 nitrogen and oxygen atoms in total. The van der Waals surface area contributed by atoms with Crippen LogP contribution in [-0.2, 0) is 30.5 Å². The molecule has 0 bridgehead atoms. The number of ether oxygens (including phenoxy) is 1. The number of alkyl halides is 3. The van der Waals surface area contributed by atoms with Gasteiger partial charge in [0.05, 0.1) is 24.2 Å². The van der Waals surface area contributed by atoms with Crippen molar-refractivity contribution in [1.29, 1.82) is 0 Å². The zero-order chi connectivity index (χ0) is 29.3. The number of carboxylic acid groups (broad SMARTS) is 1. The van der Waals surface area contributed by atoms with E-state index in [1.54, 1.807) is 48.5 Å². The number of fused-ring (bicyclic) bond motifs is 1. The summed E-state index contributed by atoms with van der Waals surface area (Å²) in [7, 11) is 0. The molecule has 4 aromatic carbocycles. The highest BCUT2D eigenvalue weighted by Crippen LogP contribution is 2.39. The molecule has 0 spiro atoms. The summed E-state index contributed by atoms with van der Waals surface area (Å²) in [6, 6.07) is 17.6. The third-order valence-corrected chi connectivity index (χ3v) is 6.38. The molecule has 0 fully saturated rings. The van der Waals surface area contributed by atoms with Crippen molar-refractivity contribution >= 4 is 16.9 Å². The molecular weight excluding hydrogens is 550 g/mol. The molecule has 0 aliphatic heterocycles. The zero-order valence-corrected chi connectivity index (χ0v) is 21.1. The van der Waals surface area contributed by atoms with Gasteiger partial charge in [0.15, 0.2) is 0 Å². The Bertz CT molecular complexity index is 1720. The molecule has 0 aliphatic carbocycles. The Hall–Kier alpha value is -4.80. The van der Waals surface area contributed by atoms with E-state index in [-0.39, 0.29) is 24.1 Å². The van der Waals surface area contributed by atoms with Gasteiger partial charge in [0, 0.05) is 28.6 Å². The van der Waals surface area contributed by atoms with Crippen molar-refractivity contribution in [3.05, 3.63) is 119 Å². The van der Waals surface area contributed by atoms with Crippen molar-refractivity contribution in [2.45, 2.75) is 25.7 Å². The van der Waals surface area contributed by atoms with Gasteiger partial charge < -0.3 is 9.84 Å². The van der Waals surface area contributed by atoms with Crippen molar-refractivity contribution < 1.29 is 41.0 Å². The second-order valence-corrected chi connectivity index (χ2v) is 9.26. The van der Waals surface area contributed by atoms with Crippen LogP contribution in [0.2, 0.25) is 0 Å². The van der Waals surface area contributed by atoms with Crippen LogP contribution >= 0.6 is 0 Å². The average molecular weight is 570 g/mol. The molecule has 0 saturated carbocycles. The third kappa shape index (κ3) is 6.03. The number of rotatable bonds is 8. The Morgan fingerprint density at radius 1 is 0.878 bits per heavy atom. The number of aliphatic carboxylic acids is 1. The molecule has 11 heteroatoms. The average Bonchev–Trinajstić information content (AvgIpc) is 3.27. The predicted octanol–water partition coefficient (Wildman–Crippen LogP) is 7.39. The quantitative estimate of drug-likeness (QED) is 0.198. The maximum Gasteiger partial charge on any atom is 0.418 e. The monoisotopic (exact) mass is 570 g/mol. The van der Waals surface area contributed by atoms with E-state index in [2.05, 4.69) is 5.10 Å². The van der Waals surface area contributed by atoms with Crippen LogP contribution in [0.5, 0.6) is 5.75 Å². The number of carboxylic acids is 1. The normalized spacial score (nSPS) is 11.7. The Kier molecular flexibility index (Phi) is 7.44. The summed E-state index contributed by atoms with van der Waals surface area (Å²) in [5.74, 6) is -4.13. The molecule has 5 aromatic rings. The summed E-state index contributed by atoms with van der Waals surface area (Å²) in [6.45, 7) is -0.492. The maximum atomic E-state index is 14.5. The van der Waals surface area contributed by atoms with E-state index in [0.717, 1.165) is 16.3 Å². The molecular formula is C30H20F6N2O3. The minimum absolute atomic E-state index is 0.0916. The van der Waals surface area contributed by atoms with Gasteiger partial charge >= 0.3 is 12.1 Å². The van der Waals surface area contributed by atoms with Crippen LogP contribution in [0.3, 0.4) is 0 Å². The van der Waals surface area contributed by atoms with Crippen LogP contribution in [0.4, 0.5) is 26.3 Å². The number of aromatic nitrogens is 2. The fourth-order valence-electron chi connectivity index (χ4n) is 4.50. The second kappa shape index (κ2) is 11.0. The predicted molar refractivity (Wildman–Crippen MR) is 138 cm³/mol. The van der Waals surface area contributed by atoms with E-state index in [9.17, 15) is 31.1 Å². The molecule has 5 rings (SSSR count). The molecule has 0 unspecified atom stereocenters. The van der Waals surface area contributed by atoms with Crippen molar-refractivity contribution in [3.8, 4) is 17.0 Å². The van der Waals surface area contributed by atoms with E-state index < -0.39 is 52.8 Å². The molecule has 0 amide bonds. The molecule has 0 saturated heterocycles. The molecule has 41 heavy (non-hydrogen) atoms. The third-order valence-electron chi connectivity index (χ3n) is 6.38. The first-order valence-corrected chi connectivity index (χ1v) is 12.2. The van der Waals surface area contributed by atoms with Crippen LogP contribution in [-0.4, -0.2) is 20.9 Å². The lowest BCUT2D eigenvalue weighted by atomic mass is 10.0. The van der Waals surface area contributed by atoms with Crippen LogP contribution in [0.1, 0.15) is 22.3 Å². The topological polar surface area (TPSA) is 64.3 Å². The van der Waals surface area contributed by atoms with Crippen LogP contribution < -0.4 is 4.74 Å². The summed E-state index contributed by atoms with van der Waals surface area (Å²) in [6.07, 6.45) is -4.86. The lowest BCUT2D eigenvalue weighted by Crippen LogP contribution is -2.09. The molecule has 210 valence electrons. The Labute approximate surface area is 229 Å². The van der Waals surface area contributed by atoms with Gasteiger partial charge in [-0.25, -0.2) is 13.2 Å². The molecule has 1 N–H and O–H groups in total. The minimum Gasteiger partial charge on any atom is -0.489 e. The van der Waals surface area contributed by atoms with E-state index in [1.165, 1.54) is 12.1 Å². The number of carbonyl (C=O) groups is 1. The highest BCUT2D eigenvalue weighted by atomic mass is 19.4. The number of hydrogen-bond donors (Lipinski definition) is 1. The SMILES string of the molecule is O=C(O)Cc1ccc(COc2cccc(-c3c4cccc(C(F)(F)F)c4nn3Cc3c(F)cc(F)cc3F)c2)cc1. The summed E-state index contributed by atoms with van der Waals surface area (Å²) in [4.78, 5) is 10.9. The number of hydrogen-bond acceptors (Lipinski definition) is 3. The molecule has 1 aromatic heterocycles. The Morgan fingerprint density at radius 3 is 2.20 bits per heavy atom. The van der Waals surface area contributed by atoms with Gasteiger partial charge in [-0.2, -0.15) is 18.3 Å². The number of nitrogens with zero attached hydrogens (tertiary/aromatic N) is 2. The Morgan fingerprint density at radius 2 is 1.54 bits per heavy atom. The summed E-state index contributed by atoms with van der Waals surface area (Å²) in [5.41, 5.74) is -0.109. The highest BCUT2D eigenvalue weighted by molar-refractivity contribution is 5.95. The van der Waals surface area contributed by atoms with E-state index in [4.69, 9.17) is 9.84 Å². The first-order valence-electron chi connectivity index (χ1n) is 12.2. The van der Waals surface area contributed by atoms with Gasteiger partial charge in [-0.1, -0.05) is 48.5 Å². The van der Waals surface area contributed by atoms with Crippen LogP contribution in [0, 0.1) is 17.5 Å². The van der Waals surface area contributed by atoms with Gasteiger partial charge in [0.2, 0.25) is 0 Å². The number of benzene rings is 4. The Balaban J connectivity index is 1.54. The summed E-state index contributed by atoms with van der Waals surface area (Å²) >= 11 is 0. The van der Waals surface area contributed by atoms with Crippen molar-refractivity contribution in [3.63, 3.8) is 0 Å². The molecule has 0 atom stereocenters. The van der Waals surface area contributed by atoms with Gasteiger partial charge in [0.25, 0.3) is 0 Å². The standard InChI is InChI=1S/C30H20F6N2O3/c31-20-13-25(32)23(26(33)14-20)15-38-29(22-5-2-6-24(28(22)37-38)30(34,35)36)19-3-1-4-21(12-19)41-16-18-9-7-17(8-10-18)11-27(39)40/h1-10,12-14H,11,15-16H2,(H,39,40). The molecule has 0 radical (unpaired) electrons. The number of halogens is 6. The molecule has 1 heterocycles. The van der Waals surface area contributed by atoms with Crippen molar-refractivity contribution in [2.24, 2.45) is 0 Å². The first kappa shape index (κ1) is 27.8. The van der Waals surface area contributed by atoms with E-state index in [0.29, 0.717) is 29.0 Å². The lowest BCUT2D eigenvalue weighted by molar-refractivity contribution is -0.137. The lowest BCUT2D eigenvalue weighted by Gasteiger charge is -2.12.